The van der Waals surface area contributed by atoms with Crippen molar-refractivity contribution in [1.82, 2.24) is 14.8 Å². The lowest BCUT2D eigenvalue weighted by Crippen LogP contribution is -2.47. The zero-order valence-corrected chi connectivity index (χ0v) is 12.0. The number of hydrogen-bond donors (Lipinski definition) is 1. The lowest BCUT2D eigenvalue weighted by molar-refractivity contribution is 0.0638. The molecule has 19 heavy (non-hydrogen) atoms. The summed E-state index contributed by atoms with van der Waals surface area (Å²) in [5, 5.41) is 0.343. The summed E-state index contributed by atoms with van der Waals surface area (Å²) in [6.07, 6.45) is 2.10. The Morgan fingerprint density at radius 3 is 3.00 bits per heavy atom. The number of nitrogens with two attached hydrogens (primary N) is 1. The third-order valence-corrected chi connectivity index (χ3v) is 3.84. The summed E-state index contributed by atoms with van der Waals surface area (Å²) in [5.41, 5.74) is 5.85. The summed E-state index contributed by atoms with van der Waals surface area (Å²) in [4.78, 5) is 20.4. The lowest BCUT2D eigenvalue weighted by Gasteiger charge is -2.35. The van der Waals surface area contributed by atoms with Crippen LogP contribution in [-0.4, -0.2) is 53.9 Å². The summed E-state index contributed by atoms with van der Waals surface area (Å²) >= 11 is 6.03. The van der Waals surface area contributed by atoms with Crippen LogP contribution in [0.25, 0.3) is 0 Å². The summed E-state index contributed by atoms with van der Waals surface area (Å²) in [7, 11) is 3.86. The molecular weight excluding hydrogens is 264 g/mol. The molecule has 1 unspecified atom stereocenters. The number of aromatic nitrogens is 1. The van der Waals surface area contributed by atoms with Gasteiger partial charge in [0.2, 0.25) is 0 Å². The molecule has 2 heterocycles. The Morgan fingerprint density at radius 1 is 1.58 bits per heavy atom. The maximum absolute atomic E-state index is 12.4. The van der Waals surface area contributed by atoms with E-state index in [9.17, 15) is 4.79 Å². The maximum Gasteiger partial charge on any atom is 0.274 e. The van der Waals surface area contributed by atoms with Crippen LogP contribution < -0.4 is 5.73 Å². The molecule has 0 bridgehead atoms. The highest BCUT2D eigenvalue weighted by Crippen LogP contribution is 2.20. The molecule has 0 spiro atoms. The van der Waals surface area contributed by atoms with Crippen molar-refractivity contribution >= 4 is 23.3 Å². The number of carbonyl (C=O) groups excluding carboxylic acids is 1. The van der Waals surface area contributed by atoms with Crippen LogP contribution in [0, 0.1) is 0 Å². The van der Waals surface area contributed by atoms with Gasteiger partial charge in [0.25, 0.3) is 5.91 Å². The molecule has 0 radical (unpaired) electrons. The number of pyridine rings is 1. The second-order valence-corrected chi connectivity index (χ2v) is 5.45. The maximum atomic E-state index is 12.4. The van der Waals surface area contributed by atoms with Crippen LogP contribution in [0.5, 0.6) is 0 Å². The van der Waals surface area contributed by atoms with Gasteiger partial charge in [0, 0.05) is 19.6 Å². The van der Waals surface area contributed by atoms with Gasteiger partial charge < -0.3 is 15.5 Å². The molecule has 1 fully saturated rings. The van der Waals surface area contributed by atoms with E-state index in [-0.39, 0.29) is 17.6 Å². The molecule has 1 amide bonds. The highest BCUT2D eigenvalue weighted by atomic mass is 35.5. The van der Waals surface area contributed by atoms with E-state index in [1.165, 1.54) is 0 Å². The van der Waals surface area contributed by atoms with E-state index >= 15 is 0 Å². The molecule has 0 saturated carbocycles. The van der Waals surface area contributed by atoms with Crippen molar-refractivity contribution in [1.29, 1.82) is 0 Å². The van der Waals surface area contributed by atoms with Gasteiger partial charge in [-0.05, 0) is 38.6 Å². The Bertz CT molecular complexity index is 480. The summed E-state index contributed by atoms with van der Waals surface area (Å²) < 4.78 is 0. The van der Waals surface area contributed by atoms with Crippen LogP contribution in [0.1, 0.15) is 23.3 Å². The molecule has 1 aromatic heterocycles. The van der Waals surface area contributed by atoms with Crippen molar-refractivity contribution in [3.8, 4) is 0 Å². The highest BCUT2D eigenvalue weighted by molar-refractivity contribution is 6.33. The molecule has 2 rings (SSSR count). The Morgan fingerprint density at radius 2 is 2.32 bits per heavy atom. The zero-order valence-electron chi connectivity index (χ0n) is 11.3. The van der Waals surface area contributed by atoms with Crippen LogP contribution in [0.4, 0.5) is 5.82 Å². The molecule has 1 aromatic rings. The second kappa shape index (κ2) is 5.75. The van der Waals surface area contributed by atoms with Gasteiger partial charge in [-0.15, -0.1) is 0 Å². The summed E-state index contributed by atoms with van der Waals surface area (Å²) in [5.74, 6) is 0.138. The average Bonchev–Trinajstić information content (AvgIpc) is 2.40. The van der Waals surface area contributed by atoms with Crippen molar-refractivity contribution in [3.05, 3.63) is 22.8 Å². The van der Waals surface area contributed by atoms with Gasteiger partial charge in [-0.25, -0.2) is 4.98 Å². The van der Waals surface area contributed by atoms with Gasteiger partial charge in [-0.3, -0.25) is 4.79 Å². The Balaban J connectivity index is 2.16. The first kappa shape index (κ1) is 14.1. The third kappa shape index (κ3) is 3.16. The van der Waals surface area contributed by atoms with Gasteiger partial charge in [0.05, 0.1) is 5.02 Å². The van der Waals surface area contributed by atoms with E-state index in [1.807, 2.05) is 0 Å². The highest BCUT2D eigenvalue weighted by Gasteiger charge is 2.27. The average molecular weight is 283 g/mol. The molecule has 1 aliphatic rings. The number of nitrogen functional groups attached to an aromatic ring is 1. The van der Waals surface area contributed by atoms with Crippen LogP contribution in [0.15, 0.2) is 12.1 Å². The fraction of sp³-hybridized carbons (Fsp3) is 0.538. The van der Waals surface area contributed by atoms with E-state index in [4.69, 9.17) is 17.3 Å². The number of hydrogen-bond acceptors (Lipinski definition) is 4. The number of likely N-dealkylation sites (tertiary alicyclic amines) is 1. The third-order valence-electron chi connectivity index (χ3n) is 3.54. The van der Waals surface area contributed by atoms with Gasteiger partial charge in [0.15, 0.2) is 0 Å². The van der Waals surface area contributed by atoms with Crippen molar-refractivity contribution in [2.75, 3.05) is 32.9 Å². The molecule has 1 atom stereocenters. The fourth-order valence-electron chi connectivity index (χ4n) is 2.40. The Kier molecular flexibility index (Phi) is 4.27. The summed E-state index contributed by atoms with van der Waals surface area (Å²) in [6, 6.07) is 3.40. The van der Waals surface area contributed by atoms with Gasteiger partial charge >= 0.3 is 0 Å². The molecule has 1 aliphatic heterocycles. The number of likely N-dealkylation sites (N-methyl/N-ethyl adjacent to an activating group) is 2. The molecule has 5 nitrogen and oxygen atoms in total. The molecule has 2 N–H and O–H groups in total. The Labute approximate surface area is 118 Å². The number of piperidine rings is 1. The van der Waals surface area contributed by atoms with Crippen LogP contribution in [0.2, 0.25) is 5.02 Å². The number of amides is 1. The van der Waals surface area contributed by atoms with Gasteiger partial charge in [0.1, 0.15) is 11.5 Å². The number of nitrogens with zero attached hydrogens (tertiary/aromatic N) is 3. The van der Waals surface area contributed by atoms with Crippen LogP contribution in [0.3, 0.4) is 0 Å². The number of anilines is 1. The molecular formula is C13H19ClN4O. The predicted octanol–water partition coefficient (Wildman–Crippen LogP) is 1.48. The Hall–Kier alpha value is -1.33. The van der Waals surface area contributed by atoms with Crippen LogP contribution >= 0.6 is 11.6 Å². The number of halogens is 1. The predicted molar refractivity (Wildman–Crippen MR) is 76.3 cm³/mol. The van der Waals surface area contributed by atoms with Gasteiger partial charge in [-0.1, -0.05) is 11.6 Å². The van der Waals surface area contributed by atoms with E-state index in [1.54, 1.807) is 24.1 Å². The fourth-order valence-corrected chi connectivity index (χ4v) is 2.58. The zero-order chi connectivity index (χ0) is 14.0. The first-order chi connectivity index (χ1) is 8.99. The smallest absolute Gasteiger partial charge is 0.274 e. The van der Waals surface area contributed by atoms with E-state index in [2.05, 4.69) is 16.9 Å². The lowest BCUT2D eigenvalue weighted by atomic mass is 10.0. The molecule has 6 heteroatoms. The molecule has 0 aromatic carbocycles. The van der Waals surface area contributed by atoms with E-state index in [0.717, 1.165) is 25.9 Å². The first-order valence-electron chi connectivity index (χ1n) is 6.36. The summed E-state index contributed by atoms with van der Waals surface area (Å²) in [6.45, 7) is 1.96. The van der Waals surface area contributed by atoms with Gasteiger partial charge in [-0.2, -0.15) is 0 Å². The van der Waals surface area contributed by atoms with Crippen molar-refractivity contribution in [2.45, 2.75) is 18.9 Å². The number of rotatable bonds is 2. The van der Waals surface area contributed by atoms with Crippen molar-refractivity contribution in [2.24, 2.45) is 0 Å². The van der Waals surface area contributed by atoms with Crippen LogP contribution in [-0.2, 0) is 0 Å². The first-order valence-corrected chi connectivity index (χ1v) is 6.74. The van der Waals surface area contributed by atoms with Crippen molar-refractivity contribution in [3.63, 3.8) is 0 Å². The standard InChI is InChI=1S/C13H19ClN4O/c1-17-7-3-4-9(8-17)18(2)13(19)12-10(14)5-6-11(15)16-12/h5-6,9H,3-4,7-8H2,1-2H3,(H2,15,16). The normalized spacial score (nSPS) is 20.3. The molecule has 1 saturated heterocycles. The SMILES string of the molecule is CN1CCCC(N(C)C(=O)c2nc(N)ccc2Cl)C1. The molecule has 104 valence electrons. The quantitative estimate of drug-likeness (QED) is 0.893. The van der Waals surface area contributed by atoms with E-state index < -0.39 is 0 Å². The number of carbonyl (C=O) groups is 1. The minimum absolute atomic E-state index is 0.169. The molecule has 0 aliphatic carbocycles. The topological polar surface area (TPSA) is 62.5 Å². The second-order valence-electron chi connectivity index (χ2n) is 5.04. The minimum Gasteiger partial charge on any atom is -0.384 e. The van der Waals surface area contributed by atoms with Crippen molar-refractivity contribution < 1.29 is 4.79 Å². The monoisotopic (exact) mass is 282 g/mol. The largest absolute Gasteiger partial charge is 0.384 e. The minimum atomic E-state index is -0.169. The van der Waals surface area contributed by atoms with E-state index in [0.29, 0.717) is 10.8 Å².